The Morgan fingerprint density at radius 3 is 2.50 bits per heavy atom. The Morgan fingerprint density at radius 1 is 1.04 bits per heavy atom. The summed E-state index contributed by atoms with van der Waals surface area (Å²) in [4.78, 5) is 24.4. The van der Waals surface area contributed by atoms with Crippen molar-refractivity contribution in [2.75, 3.05) is 17.6 Å². The van der Waals surface area contributed by atoms with Gasteiger partial charge < -0.3 is 20.8 Å². The molecule has 144 valence electrons. The molecule has 2 aromatic carbocycles. The summed E-state index contributed by atoms with van der Waals surface area (Å²) >= 11 is 1.30. The van der Waals surface area contributed by atoms with E-state index < -0.39 is 5.91 Å². The molecular weight excluding hydrogens is 374 g/mol. The fourth-order valence-corrected chi connectivity index (χ4v) is 3.56. The van der Waals surface area contributed by atoms with E-state index in [-0.39, 0.29) is 24.2 Å². The normalized spacial score (nSPS) is 11.7. The van der Waals surface area contributed by atoms with E-state index >= 15 is 0 Å². The van der Waals surface area contributed by atoms with Crippen LogP contribution in [0.5, 0.6) is 0 Å². The third kappa shape index (κ3) is 5.48. The van der Waals surface area contributed by atoms with Crippen LogP contribution in [0.4, 0.5) is 5.69 Å². The maximum Gasteiger partial charge on any atom is 0.279 e. The minimum atomic E-state index is -0.399. The number of thioether (sulfide) groups is 1. The van der Waals surface area contributed by atoms with Gasteiger partial charge in [0, 0.05) is 10.5 Å². The van der Waals surface area contributed by atoms with Crippen molar-refractivity contribution >= 4 is 29.3 Å². The topological polar surface area (TPSA) is 102 Å². The molecule has 0 saturated carbocycles. The average molecular weight is 396 g/mol. The lowest BCUT2D eigenvalue weighted by molar-refractivity contribution is -0.678. The van der Waals surface area contributed by atoms with Crippen molar-refractivity contribution in [3.8, 4) is 0 Å². The molecule has 0 spiro atoms. The number of furan rings is 1. The number of nitrogens with one attached hydrogen (secondary N) is 1. The zero-order valence-corrected chi connectivity index (χ0v) is 16.0. The Kier molecular flexibility index (Phi) is 6.89. The third-order valence-corrected chi connectivity index (χ3v) is 5.17. The number of carbonyl (C=O) groups excluding carboxylic acids is 2. The number of anilines is 1. The molecule has 0 radical (unpaired) electrons. The first-order chi connectivity index (χ1) is 13.6. The Labute approximate surface area is 167 Å². The van der Waals surface area contributed by atoms with Crippen molar-refractivity contribution in [2.45, 2.75) is 10.9 Å². The molecule has 5 N–H and O–H groups in total. The predicted molar refractivity (Wildman–Crippen MR) is 109 cm³/mol. The Balaban J connectivity index is 1.65. The summed E-state index contributed by atoms with van der Waals surface area (Å²) < 4.78 is 5.56. The van der Waals surface area contributed by atoms with Crippen molar-refractivity contribution in [3.63, 3.8) is 0 Å². The summed E-state index contributed by atoms with van der Waals surface area (Å²) in [5.74, 6) is 0.410. The molecule has 7 heteroatoms. The van der Waals surface area contributed by atoms with Gasteiger partial charge in [-0.05, 0) is 24.3 Å². The van der Waals surface area contributed by atoms with Crippen molar-refractivity contribution in [1.29, 1.82) is 0 Å². The van der Waals surface area contributed by atoms with Gasteiger partial charge in [-0.1, -0.05) is 42.5 Å². The van der Waals surface area contributed by atoms with Gasteiger partial charge in [-0.25, -0.2) is 0 Å². The first-order valence-electron chi connectivity index (χ1n) is 8.85. The predicted octanol–water partition coefficient (Wildman–Crippen LogP) is 2.15. The molecule has 0 aliphatic heterocycles. The van der Waals surface area contributed by atoms with Crippen molar-refractivity contribution in [2.24, 2.45) is 5.73 Å². The maximum absolute atomic E-state index is 12.5. The molecule has 0 fully saturated rings. The lowest BCUT2D eigenvalue weighted by Crippen LogP contribution is -2.87. The van der Waals surface area contributed by atoms with E-state index in [1.54, 1.807) is 6.26 Å². The number of hydrogen-bond donors (Lipinski definition) is 3. The molecule has 1 atom stereocenters. The number of carbonyl (C=O) groups is 2. The highest BCUT2D eigenvalue weighted by molar-refractivity contribution is 8.00. The van der Waals surface area contributed by atoms with E-state index in [4.69, 9.17) is 10.2 Å². The fourth-order valence-electron chi connectivity index (χ4n) is 2.82. The molecule has 2 amide bonds. The lowest BCUT2D eigenvalue weighted by Gasteiger charge is -2.14. The molecule has 3 rings (SSSR count). The number of primary amides is 1. The van der Waals surface area contributed by atoms with E-state index in [2.05, 4.69) is 5.32 Å². The van der Waals surface area contributed by atoms with Crippen LogP contribution in [0, 0.1) is 0 Å². The first kappa shape index (κ1) is 19.7. The van der Waals surface area contributed by atoms with Crippen LogP contribution in [0.15, 0.2) is 82.3 Å². The number of quaternary nitrogens is 1. The molecular formula is C21H22N3O3S+. The van der Waals surface area contributed by atoms with Crippen molar-refractivity contribution in [3.05, 3.63) is 84.3 Å². The average Bonchev–Trinajstić information content (AvgIpc) is 3.23. The minimum absolute atomic E-state index is 0.110. The summed E-state index contributed by atoms with van der Waals surface area (Å²) in [5, 5.41) is 4.85. The number of nitrogens with two attached hydrogens (primary N) is 2. The van der Waals surface area contributed by atoms with Crippen molar-refractivity contribution < 1.29 is 19.3 Å². The van der Waals surface area contributed by atoms with Gasteiger partial charge in [-0.2, -0.15) is 0 Å². The van der Waals surface area contributed by atoms with Gasteiger partial charge in [0.05, 0.1) is 17.7 Å². The fraction of sp³-hybridized carbons (Fsp3) is 0.143. The maximum atomic E-state index is 12.5. The van der Waals surface area contributed by atoms with Crippen LogP contribution in [-0.4, -0.2) is 24.1 Å². The Morgan fingerprint density at radius 2 is 1.79 bits per heavy atom. The van der Waals surface area contributed by atoms with E-state index in [9.17, 15) is 9.59 Å². The second-order valence-electron chi connectivity index (χ2n) is 6.14. The summed E-state index contributed by atoms with van der Waals surface area (Å²) in [5.41, 5.74) is 6.94. The van der Waals surface area contributed by atoms with E-state index in [0.717, 1.165) is 16.2 Å². The van der Waals surface area contributed by atoms with Gasteiger partial charge in [-0.15, -0.1) is 11.8 Å². The molecule has 0 aliphatic carbocycles. The van der Waals surface area contributed by atoms with Crippen molar-refractivity contribution in [1.82, 2.24) is 0 Å². The summed E-state index contributed by atoms with van der Waals surface area (Å²) in [7, 11) is 0. The molecule has 1 heterocycles. The number of para-hydroxylation sites is 1. The molecule has 0 aliphatic rings. The summed E-state index contributed by atoms with van der Waals surface area (Å²) in [6, 6.07) is 20.9. The van der Waals surface area contributed by atoms with Crippen LogP contribution in [0.2, 0.25) is 0 Å². The highest BCUT2D eigenvalue weighted by atomic mass is 32.2. The number of amides is 2. The largest absolute Gasteiger partial charge is 0.463 e. The zero-order valence-electron chi connectivity index (χ0n) is 15.2. The lowest BCUT2D eigenvalue weighted by atomic mass is 10.0. The number of rotatable bonds is 9. The van der Waals surface area contributed by atoms with Crippen LogP contribution in [0.25, 0.3) is 0 Å². The van der Waals surface area contributed by atoms with E-state index in [1.807, 2.05) is 72.0 Å². The van der Waals surface area contributed by atoms with E-state index in [1.165, 1.54) is 11.8 Å². The number of hydrogen-bond acceptors (Lipinski definition) is 4. The van der Waals surface area contributed by atoms with Crippen LogP contribution in [-0.2, 0) is 9.59 Å². The first-order valence-corrected chi connectivity index (χ1v) is 9.83. The number of benzene rings is 2. The van der Waals surface area contributed by atoms with Crippen LogP contribution in [0.3, 0.4) is 0 Å². The van der Waals surface area contributed by atoms with Gasteiger partial charge in [0.15, 0.2) is 18.3 Å². The molecule has 0 unspecified atom stereocenters. The van der Waals surface area contributed by atoms with Gasteiger partial charge in [0.2, 0.25) is 5.91 Å². The smallest absolute Gasteiger partial charge is 0.279 e. The van der Waals surface area contributed by atoms with E-state index in [0.29, 0.717) is 5.69 Å². The minimum Gasteiger partial charge on any atom is -0.463 e. The molecule has 3 aromatic rings. The van der Waals surface area contributed by atoms with Crippen LogP contribution < -0.4 is 16.4 Å². The van der Waals surface area contributed by atoms with Crippen LogP contribution >= 0.6 is 11.8 Å². The zero-order chi connectivity index (χ0) is 19.8. The van der Waals surface area contributed by atoms with Gasteiger partial charge in [-0.3, -0.25) is 9.59 Å². The SMILES string of the molecule is NC(=O)CSc1ccccc1NC(=O)C[NH2+][C@H](c1ccccc1)c1ccco1. The molecule has 0 bridgehead atoms. The molecule has 1 aromatic heterocycles. The summed E-state index contributed by atoms with van der Waals surface area (Å²) in [6.45, 7) is 0.217. The monoisotopic (exact) mass is 396 g/mol. The third-order valence-electron chi connectivity index (χ3n) is 4.08. The highest BCUT2D eigenvalue weighted by Crippen LogP contribution is 2.26. The molecule has 0 saturated heterocycles. The molecule has 28 heavy (non-hydrogen) atoms. The quantitative estimate of drug-likeness (QED) is 0.482. The van der Waals surface area contributed by atoms with Crippen LogP contribution in [0.1, 0.15) is 17.4 Å². The Bertz CT molecular complexity index is 914. The highest BCUT2D eigenvalue weighted by Gasteiger charge is 2.21. The molecule has 6 nitrogen and oxygen atoms in total. The summed E-state index contributed by atoms with van der Waals surface area (Å²) in [6.07, 6.45) is 1.63. The second-order valence-corrected chi connectivity index (χ2v) is 7.16. The van der Waals surface area contributed by atoms with Gasteiger partial charge in [0.25, 0.3) is 5.91 Å². The van der Waals surface area contributed by atoms with Gasteiger partial charge >= 0.3 is 0 Å². The standard InChI is InChI=1S/C21H21N3O3S/c22-19(25)14-28-18-11-5-4-9-16(18)24-20(26)13-23-21(17-10-6-12-27-17)15-7-2-1-3-8-15/h1-12,21,23H,13-14H2,(H2,22,25)(H,24,26)/p+1/t21-/m1/s1. The second kappa shape index (κ2) is 9.77. The Hall–Kier alpha value is -3.03. The van der Waals surface area contributed by atoms with Gasteiger partial charge in [0.1, 0.15) is 0 Å².